The average molecular weight is 515 g/mol. The summed E-state index contributed by atoms with van der Waals surface area (Å²) in [6, 6.07) is 21.8. The van der Waals surface area contributed by atoms with E-state index in [1.807, 2.05) is 54.6 Å². The second-order valence-electron chi connectivity index (χ2n) is 8.16. The van der Waals surface area contributed by atoms with Crippen LogP contribution in [-0.2, 0) is 0 Å². The number of carbonyl (C=O) groups is 1. The van der Waals surface area contributed by atoms with Crippen LogP contribution in [0.5, 0.6) is 28.7 Å². The molecule has 0 aliphatic rings. The van der Waals surface area contributed by atoms with Gasteiger partial charge < -0.3 is 24.3 Å². The van der Waals surface area contributed by atoms with Gasteiger partial charge >= 0.3 is 0 Å². The number of anilines is 1. The molecular weight excluding hydrogens is 492 g/mol. The number of benzene rings is 4. The second-order valence-corrected chi connectivity index (χ2v) is 8.59. The van der Waals surface area contributed by atoms with Crippen molar-refractivity contribution in [3.05, 3.63) is 89.6 Å². The fourth-order valence-electron chi connectivity index (χ4n) is 4.08. The number of rotatable bonds is 7. The molecule has 37 heavy (non-hydrogen) atoms. The first-order valence-electron chi connectivity index (χ1n) is 11.4. The zero-order valence-electron chi connectivity index (χ0n) is 20.4. The van der Waals surface area contributed by atoms with Crippen molar-refractivity contribution in [2.24, 2.45) is 0 Å². The standard InChI is InChI=1S/C29H23ClN2O5/c1-34-26-14-19(30)6-9-22(26)29(33)32-20-7-4-18-13-21(8-5-17(18)12-20)37-25-10-11-31-24-16-28(36-3)27(35-2)15-23(24)25/h4-16H,1-3H3,(H,32,33). The van der Waals surface area contributed by atoms with Gasteiger partial charge in [-0.2, -0.15) is 0 Å². The number of ether oxygens (including phenoxy) is 4. The maximum Gasteiger partial charge on any atom is 0.259 e. The zero-order valence-corrected chi connectivity index (χ0v) is 21.1. The van der Waals surface area contributed by atoms with Gasteiger partial charge in [-0.05, 0) is 65.4 Å². The Morgan fingerprint density at radius 1 is 0.757 bits per heavy atom. The summed E-state index contributed by atoms with van der Waals surface area (Å²) in [7, 11) is 4.68. The van der Waals surface area contributed by atoms with Crippen LogP contribution in [0.2, 0.25) is 5.02 Å². The van der Waals surface area contributed by atoms with Gasteiger partial charge in [0.2, 0.25) is 0 Å². The Hall–Kier alpha value is -4.49. The van der Waals surface area contributed by atoms with Crippen LogP contribution in [0.1, 0.15) is 10.4 Å². The molecule has 1 amide bonds. The molecule has 5 aromatic rings. The maximum atomic E-state index is 12.8. The predicted octanol–water partition coefficient (Wildman–Crippen LogP) is 7.11. The number of hydrogen-bond donors (Lipinski definition) is 1. The molecule has 8 heteroatoms. The Bertz CT molecular complexity index is 1640. The minimum Gasteiger partial charge on any atom is -0.496 e. The van der Waals surface area contributed by atoms with Crippen LogP contribution in [0.25, 0.3) is 21.7 Å². The van der Waals surface area contributed by atoms with Gasteiger partial charge in [-0.15, -0.1) is 0 Å². The lowest BCUT2D eigenvalue weighted by Crippen LogP contribution is -2.13. The van der Waals surface area contributed by atoms with Crippen LogP contribution in [0, 0.1) is 0 Å². The molecule has 186 valence electrons. The van der Waals surface area contributed by atoms with Crippen molar-refractivity contribution in [2.45, 2.75) is 0 Å². The number of methoxy groups -OCH3 is 3. The molecule has 0 spiro atoms. The fraction of sp³-hybridized carbons (Fsp3) is 0.103. The number of hydrogen-bond acceptors (Lipinski definition) is 6. The molecule has 4 aromatic carbocycles. The largest absolute Gasteiger partial charge is 0.496 e. The average Bonchev–Trinajstić information content (AvgIpc) is 2.92. The number of carbonyl (C=O) groups excluding carboxylic acids is 1. The van der Waals surface area contributed by atoms with E-state index in [2.05, 4.69) is 10.3 Å². The van der Waals surface area contributed by atoms with E-state index in [0.29, 0.717) is 45.0 Å². The lowest BCUT2D eigenvalue weighted by atomic mass is 10.1. The quantitative estimate of drug-likeness (QED) is 0.249. The summed E-state index contributed by atoms with van der Waals surface area (Å²) in [5.74, 6) is 2.63. The Labute approximate surface area is 218 Å². The number of fused-ring (bicyclic) bond motifs is 2. The van der Waals surface area contributed by atoms with Gasteiger partial charge in [-0.3, -0.25) is 9.78 Å². The van der Waals surface area contributed by atoms with Crippen molar-refractivity contribution in [1.29, 1.82) is 0 Å². The molecule has 0 unspecified atom stereocenters. The highest BCUT2D eigenvalue weighted by Gasteiger charge is 2.14. The van der Waals surface area contributed by atoms with Crippen LogP contribution >= 0.6 is 11.6 Å². The van der Waals surface area contributed by atoms with Crippen molar-refractivity contribution in [3.63, 3.8) is 0 Å². The fourth-order valence-corrected chi connectivity index (χ4v) is 4.24. The highest BCUT2D eigenvalue weighted by Crippen LogP contribution is 2.37. The summed E-state index contributed by atoms with van der Waals surface area (Å²) >= 11 is 6.01. The minimum absolute atomic E-state index is 0.288. The first-order chi connectivity index (χ1) is 18.0. The molecule has 0 aliphatic carbocycles. The molecule has 5 rings (SSSR count). The maximum absolute atomic E-state index is 12.8. The molecule has 0 bridgehead atoms. The molecule has 0 saturated heterocycles. The summed E-state index contributed by atoms with van der Waals surface area (Å²) in [6.45, 7) is 0. The van der Waals surface area contributed by atoms with E-state index in [1.54, 1.807) is 38.6 Å². The Morgan fingerprint density at radius 2 is 1.49 bits per heavy atom. The van der Waals surface area contributed by atoms with E-state index < -0.39 is 0 Å². The number of nitrogens with zero attached hydrogens (tertiary/aromatic N) is 1. The lowest BCUT2D eigenvalue weighted by Gasteiger charge is -2.13. The molecule has 1 aromatic heterocycles. The van der Waals surface area contributed by atoms with Gasteiger partial charge in [0.25, 0.3) is 5.91 Å². The van der Waals surface area contributed by atoms with E-state index in [9.17, 15) is 4.79 Å². The molecule has 7 nitrogen and oxygen atoms in total. The van der Waals surface area contributed by atoms with E-state index in [-0.39, 0.29) is 5.91 Å². The molecule has 0 radical (unpaired) electrons. The SMILES string of the molecule is COc1cc2nccc(Oc3ccc4cc(NC(=O)c5ccc(Cl)cc5OC)ccc4c3)c2cc1OC. The van der Waals surface area contributed by atoms with Crippen molar-refractivity contribution in [2.75, 3.05) is 26.6 Å². The van der Waals surface area contributed by atoms with E-state index >= 15 is 0 Å². The molecule has 1 heterocycles. The normalized spacial score (nSPS) is 10.8. The highest BCUT2D eigenvalue weighted by molar-refractivity contribution is 6.31. The van der Waals surface area contributed by atoms with Crippen LogP contribution in [0.3, 0.4) is 0 Å². The van der Waals surface area contributed by atoms with Crippen LogP contribution in [-0.4, -0.2) is 32.2 Å². The predicted molar refractivity (Wildman–Crippen MR) is 145 cm³/mol. The molecule has 0 aliphatic heterocycles. The molecule has 1 N–H and O–H groups in total. The van der Waals surface area contributed by atoms with Crippen LogP contribution in [0.15, 0.2) is 79.0 Å². The molecule has 0 saturated carbocycles. The Kier molecular flexibility index (Phi) is 6.70. The Balaban J connectivity index is 1.40. The van der Waals surface area contributed by atoms with E-state index in [1.165, 1.54) is 7.11 Å². The number of pyridine rings is 1. The summed E-state index contributed by atoms with van der Waals surface area (Å²) in [5, 5.41) is 6.11. The first-order valence-corrected chi connectivity index (χ1v) is 11.7. The van der Waals surface area contributed by atoms with E-state index in [4.69, 9.17) is 30.5 Å². The lowest BCUT2D eigenvalue weighted by molar-refractivity contribution is 0.102. The van der Waals surface area contributed by atoms with Crippen LogP contribution < -0.4 is 24.3 Å². The summed E-state index contributed by atoms with van der Waals surface area (Å²) < 4.78 is 22.3. The first kappa shape index (κ1) is 24.2. The van der Waals surface area contributed by atoms with Gasteiger partial charge in [-0.1, -0.05) is 23.7 Å². The zero-order chi connectivity index (χ0) is 25.9. The molecular formula is C29H23ClN2O5. The molecule has 0 atom stereocenters. The third kappa shape index (κ3) is 4.94. The van der Waals surface area contributed by atoms with Crippen molar-refractivity contribution in [1.82, 2.24) is 4.98 Å². The van der Waals surface area contributed by atoms with Crippen molar-refractivity contribution in [3.8, 4) is 28.7 Å². The third-order valence-corrected chi connectivity index (χ3v) is 6.15. The van der Waals surface area contributed by atoms with Gasteiger partial charge in [0.1, 0.15) is 17.2 Å². The summed E-state index contributed by atoms with van der Waals surface area (Å²) in [6.07, 6.45) is 1.69. The number of aromatic nitrogens is 1. The van der Waals surface area contributed by atoms with Crippen molar-refractivity contribution >= 4 is 44.9 Å². The molecule has 0 fully saturated rings. The summed E-state index contributed by atoms with van der Waals surface area (Å²) in [5.41, 5.74) is 1.78. The van der Waals surface area contributed by atoms with Gasteiger partial charge in [-0.25, -0.2) is 0 Å². The monoisotopic (exact) mass is 514 g/mol. The van der Waals surface area contributed by atoms with Gasteiger partial charge in [0, 0.05) is 28.4 Å². The number of amides is 1. The Morgan fingerprint density at radius 3 is 2.27 bits per heavy atom. The minimum atomic E-state index is -0.288. The smallest absolute Gasteiger partial charge is 0.259 e. The third-order valence-electron chi connectivity index (χ3n) is 5.91. The van der Waals surface area contributed by atoms with Crippen molar-refractivity contribution < 1.29 is 23.7 Å². The second kappa shape index (κ2) is 10.2. The number of halogens is 1. The van der Waals surface area contributed by atoms with Gasteiger partial charge in [0.15, 0.2) is 11.5 Å². The topological polar surface area (TPSA) is 78.9 Å². The van der Waals surface area contributed by atoms with E-state index in [0.717, 1.165) is 21.7 Å². The highest BCUT2D eigenvalue weighted by atomic mass is 35.5. The summed E-state index contributed by atoms with van der Waals surface area (Å²) in [4.78, 5) is 17.2. The van der Waals surface area contributed by atoms with Gasteiger partial charge in [0.05, 0.1) is 32.4 Å². The van der Waals surface area contributed by atoms with Crippen LogP contribution in [0.4, 0.5) is 5.69 Å². The number of nitrogens with one attached hydrogen (secondary N) is 1.